The van der Waals surface area contributed by atoms with Crippen molar-refractivity contribution in [3.8, 4) is 11.4 Å². The molecule has 1 amide bonds. The van der Waals surface area contributed by atoms with Gasteiger partial charge in [0.25, 0.3) is 0 Å². The molecule has 0 radical (unpaired) electrons. The van der Waals surface area contributed by atoms with Gasteiger partial charge in [0.2, 0.25) is 0 Å². The van der Waals surface area contributed by atoms with E-state index in [2.05, 4.69) is 15.3 Å². The smallest absolute Gasteiger partial charge is 0.410 e. The molecule has 0 unspecified atom stereocenters. The SMILES string of the molecule is Cn1cc(-c2nnc3n2CCN(C(=O)OC(C)(C)C)C3)cn1. The number of carbonyl (C=O) groups excluding carboxylic acids is 1. The van der Waals surface area contributed by atoms with Gasteiger partial charge in [-0.25, -0.2) is 4.79 Å². The molecule has 3 rings (SSSR count). The predicted octanol–water partition coefficient (Wildman–Crippen LogP) is 1.43. The summed E-state index contributed by atoms with van der Waals surface area (Å²) in [5.41, 5.74) is 0.426. The van der Waals surface area contributed by atoms with E-state index in [0.717, 1.165) is 17.2 Å². The second-order valence-electron chi connectivity index (χ2n) is 6.40. The van der Waals surface area contributed by atoms with E-state index in [1.165, 1.54) is 0 Å². The second-order valence-corrected chi connectivity index (χ2v) is 6.40. The van der Waals surface area contributed by atoms with Crippen molar-refractivity contribution in [3.63, 3.8) is 0 Å². The zero-order valence-corrected chi connectivity index (χ0v) is 13.3. The number of rotatable bonds is 1. The van der Waals surface area contributed by atoms with E-state index in [-0.39, 0.29) is 6.09 Å². The summed E-state index contributed by atoms with van der Waals surface area (Å²) in [6.45, 7) is 7.20. The third kappa shape index (κ3) is 2.81. The van der Waals surface area contributed by atoms with Crippen molar-refractivity contribution in [2.75, 3.05) is 6.54 Å². The van der Waals surface area contributed by atoms with E-state index >= 15 is 0 Å². The molecule has 0 bridgehead atoms. The van der Waals surface area contributed by atoms with Gasteiger partial charge < -0.3 is 9.30 Å². The molecule has 0 spiro atoms. The lowest BCUT2D eigenvalue weighted by molar-refractivity contribution is 0.0196. The lowest BCUT2D eigenvalue weighted by Gasteiger charge is -2.30. The van der Waals surface area contributed by atoms with Crippen molar-refractivity contribution in [2.24, 2.45) is 7.05 Å². The molecule has 0 aromatic carbocycles. The fourth-order valence-corrected chi connectivity index (χ4v) is 2.39. The van der Waals surface area contributed by atoms with Gasteiger partial charge in [0, 0.05) is 26.3 Å². The Morgan fingerprint density at radius 1 is 1.27 bits per heavy atom. The van der Waals surface area contributed by atoms with Crippen LogP contribution in [-0.4, -0.2) is 47.7 Å². The second kappa shape index (κ2) is 5.11. The molecule has 0 aliphatic carbocycles. The van der Waals surface area contributed by atoms with Crippen LogP contribution in [0, 0.1) is 0 Å². The summed E-state index contributed by atoms with van der Waals surface area (Å²) in [7, 11) is 1.86. The van der Waals surface area contributed by atoms with Crippen LogP contribution in [0.15, 0.2) is 12.4 Å². The molecule has 8 heteroatoms. The number of amides is 1. The van der Waals surface area contributed by atoms with E-state index in [1.807, 2.05) is 38.6 Å². The fraction of sp³-hybridized carbons (Fsp3) is 0.571. The maximum absolute atomic E-state index is 12.1. The number of hydrogen-bond acceptors (Lipinski definition) is 5. The standard InChI is InChI=1S/C14H20N6O2/c1-14(2,3)22-13(21)19-5-6-20-11(9-19)16-17-12(20)10-7-15-18(4)8-10/h7-8H,5-6,9H2,1-4H3. The van der Waals surface area contributed by atoms with Crippen LogP contribution < -0.4 is 0 Å². The van der Waals surface area contributed by atoms with Gasteiger partial charge >= 0.3 is 6.09 Å². The monoisotopic (exact) mass is 304 g/mol. The minimum Gasteiger partial charge on any atom is -0.444 e. The Bertz CT molecular complexity index is 696. The van der Waals surface area contributed by atoms with Gasteiger partial charge in [-0.15, -0.1) is 10.2 Å². The topological polar surface area (TPSA) is 78.1 Å². The molecule has 1 aliphatic rings. The first-order valence-corrected chi connectivity index (χ1v) is 7.22. The number of aromatic nitrogens is 5. The molecule has 1 aliphatic heterocycles. The first-order chi connectivity index (χ1) is 10.3. The summed E-state index contributed by atoms with van der Waals surface area (Å²) >= 11 is 0. The molecular weight excluding hydrogens is 284 g/mol. The highest BCUT2D eigenvalue weighted by Gasteiger charge is 2.28. The molecule has 0 saturated heterocycles. The zero-order valence-electron chi connectivity index (χ0n) is 13.3. The van der Waals surface area contributed by atoms with Crippen molar-refractivity contribution in [1.29, 1.82) is 0 Å². The third-order valence-electron chi connectivity index (χ3n) is 3.37. The van der Waals surface area contributed by atoms with Gasteiger partial charge in [-0.05, 0) is 20.8 Å². The first-order valence-electron chi connectivity index (χ1n) is 7.22. The summed E-state index contributed by atoms with van der Waals surface area (Å²) in [6.07, 6.45) is 3.35. The predicted molar refractivity (Wildman–Crippen MR) is 78.9 cm³/mol. The Balaban J connectivity index is 1.78. The first kappa shape index (κ1) is 14.6. The van der Waals surface area contributed by atoms with Crippen LogP contribution in [0.5, 0.6) is 0 Å². The van der Waals surface area contributed by atoms with Crippen LogP contribution in [0.2, 0.25) is 0 Å². The van der Waals surface area contributed by atoms with Gasteiger partial charge in [0.05, 0.1) is 18.3 Å². The highest BCUT2D eigenvalue weighted by molar-refractivity contribution is 5.68. The Morgan fingerprint density at radius 3 is 2.68 bits per heavy atom. The highest BCUT2D eigenvalue weighted by Crippen LogP contribution is 2.22. The van der Waals surface area contributed by atoms with Crippen LogP contribution in [0.1, 0.15) is 26.6 Å². The fourth-order valence-electron chi connectivity index (χ4n) is 2.39. The van der Waals surface area contributed by atoms with Crippen LogP contribution in [0.25, 0.3) is 11.4 Å². The summed E-state index contributed by atoms with van der Waals surface area (Å²) in [6, 6.07) is 0. The van der Waals surface area contributed by atoms with Crippen LogP contribution in [0.4, 0.5) is 4.79 Å². The van der Waals surface area contributed by atoms with Crippen LogP contribution >= 0.6 is 0 Å². The Hall–Kier alpha value is -2.38. The molecular formula is C14H20N6O2. The van der Waals surface area contributed by atoms with Gasteiger partial charge in [0.1, 0.15) is 5.60 Å². The van der Waals surface area contributed by atoms with Crippen molar-refractivity contribution in [2.45, 2.75) is 39.5 Å². The lowest BCUT2D eigenvalue weighted by atomic mass is 10.2. The van der Waals surface area contributed by atoms with E-state index in [9.17, 15) is 4.79 Å². The number of ether oxygens (including phenoxy) is 1. The molecule has 0 atom stereocenters. The van der Waals surface area contributed by atoms with Gasteiger partial charge in [0.15, 0.2) is 11.6 Å². The minimum absolute atomic E-state index is 0.315. The number of fused-ring (bicyclic) bond motifs is 1. The molecule has 8 nitrogen and oxygen atoms in total. The van der Waals surface area contributed by atoms with Gasteiger partial charge in [-0.3, -0.25) is 9.58 Å². The summed E-state index contributed by atoms with van der Waals surface area (Å²) in [4.78, 5) is 13.8. The molecule has 22 heavy (non-hydrogen) atoms. The Kier molecular flexibility index (Phi) is 3.38. The number of aryl methyl sites for hydroxylation is 1. The van der Waals surface area contributed by atoms with E-state index in [0.29, 0.717) is 19.6 Å². The number of hydrogen-bond donors (Lipinski definition) is 0. The molecule has 3 heterocycles. The third-order valence-corrected chi connectivity index (χ3v) is 3.37. The quantitative estimate of drug-likeness (QED) is 0.796. The van der Waals surface area contributed by atoms with Gasteiger partial charge in [-0.2, -0.15) is 5.10 Å². The normalized spacial score (nSPS) is 14.8. The molecule has 2 aromatic heterocycles. The number of carbonyl (C=O) groups is 1. The Labute approximate surface area is 128 Å². The van der Waals surface area contributed by atoms with Crippen LogP contribution in [0.3, 0.4) is 0 Å². The molecule has 118 valence electrons. The van der Waals surface area contributed by atoms with E-state index in [4.69, 9.17) is 4.74 Å². The minimum atomic E-state index is -0.497. The number of nitrogens with zero attached hydrogens (tertiary/aromatic N) is 6. The van der Waals surface area contributed by atoms with Crippen molar-refractivity contribution >= 4 is 6.09 Å². The van der Waals surface area contributed by atoms with Gasteiger partial charge in [-0.1, -0.05) is 0 Å². The van der Waals surface area contributed by atoms with Crippen molar-refractivity contribution in [1.82, 2.24) is 29.4 Å². The maximum Gasteiger partial charge on any atom is 0.410 e. The average molecular weight is 304 g/mol. The largest absolute Gasteiger partial charge is 0.444 e. The molecule has 2 aromatic rings. The molecule has 0 saturated carbocycles. The van der Waals surface area contributed by atoms with Crippen molar-refractivity contribution < 1.29 is 9.53 Å². The van der Waals surface area contributed by atoms with E-state index in [1.54, 1.807) is 15.8 Å². The highest BCUT2D eigenvalue weighted by atomic mass is 16.6. The van der Waals surface area contributed by atoms with Crippen molar-refractivity contribution in [3.05, 3.63) is 18.2 Å². The molecule has 0 N–H and O–H groups in total. The maximum atomic E-state index is 12.1. The zero-order chi connectivity index (χ0) is 15.9. The average Bonchev–Trinajstić information content (AvgIpc) is 3.01. The summed E-state index contributed by atoms with van der Waals surface area (Å²) in [5, 5.41) is 12.6. The summed E-state index contributed by atoms with van der Waals surface area (Å²) < 4.78 is 9.16. The molecule has 0 fully saturated rings. The Morgan fingerprint density at radius 2 is 2.05 bits per heavy atom. The summed E-state index contributed by atoms with van der Waals surface area (Å²) in [5.74, 6) is 1.54. The van der Waals surface area contributed by atoms with E-state index < -0.39 is 5.60 Å². The lowest BCUT2D eigenvalue weighted by Crippen LogP contribution is -2.41. The van der Waals surface area contributed by atoms with Crippen LogP contribution in [-0.2, 0) is 24.9 Å².